The van der Waals surface area contributed by atoms with Crippen molar-refractivity contribution in [3.8, 4) is 6.07 Å². The molecule has 22 heavy (non-hydrogen) atoms. The summed E-state index contributed by atoms with van der Waals surface area (Å²) < 4.78 is 30.7. The number of halogens is 1. The highest BCUT2D eigenvalue weighted by molar-refractivity contribution is 5.33. The number of ether oxygens (including phenoxy) is 3. The third kappa shape index (κ3) is 4.77. The Labute approximate surface area is 130 Å². The normalized spacial score (nSPS) is 21.5. The van der Waals surface area contributed by atoms with E-state index in [9.17, 15) is 4.39 Å². The van der Waals surface area contributed by atoms with Crippen LogP contribution in [0.4, 0.5) is 4.39 Å². The van der Waals surface area contributed by atoms with Crippen LogP contribution in [0.1, 0.15) is 50.0 Å². The van der Waals surface area contributed by atoms with Gasteiger partial charge in [-0.1, -0.05) is 26.2 Å². The fourth-order valence-corrected chi connectivity index (χ4v) is 2.33. The Morgan fingerprint density at radius 3 is 2.68 bits per heavy atom. The van der Waals surface area contributed by atoms with Crippen LogP contribution in [0.5, 0.6) is 0 Å². The number of hydrogen-bond acceptors (Lipinski definition) is 4. The van der Waals surface area contributed by atoms with E-state index in [-0.39, 0.29) is 11.7 Å². The van der Waals surface area contributed by atoms with Crippen LogP contribution in [0.3, 0.4) is 0 Å². The van der Waals surface area contributed by atoms with E-state index in [1.807, 2.05) is 6.07 Å². The number of nitrogens with zero attached hydrogens (tertiary/aromatic N) is 1. The van der Waals surface area contributed by atoms with Gasteiger partial charge in [0.25, 0.3) is 0 Å². The van der Waals surface area contributed by atoms with Gasteiger partial charge < -0.3 is 14.2 Å². The molecule has 0 aliphatic carbocycles. The van der Waals surface area contributed by atoms with Crippen molar-refractivity contribution < 1.29 is 18.6 Å². The topological polar surface area (TPSA) is 51.5 Å². The molecule has 120 valence electrons. The molecule has 1 aliphatic heterocycles. The van der Waals surface area contributed by atoms with E-state index in [1.54, 1.807) is 6.07 Å². The molecule has 2 rings (SSSR count). The lowest BCUT2D eigenvalue weighted by Gasteiger charge is -2.29. The molecule has 1 aromatic rings. The summed E-state index contributed by atoms with van der Waals surface area (Å²) >= 11 is 0. The van der Waals surface area contributed by atoms with Crippen molar-refractivity contribution in [2.45, 2.75) is 45.0 Å². The molecule has 0 unspecified atom stereocenters. The molecular formula is C17H22FNO3. The van der Waals surface area contributed by atoms with E-state index >= 15 is 0 Å². The summed E-state index contributed by atoms with van der Waals surface area (Å²) in [7, 11) is 0. The van der Waals surface area contributed by atoms with Crippen molar-refractivity contribution in [1.29, 1.82) is 5.26 Å². The lowest BCUT2D eigenvalue weighted by Crippen LogP contribution is -2.34. The lowest BCUT2D eigenvalue weighted by atomic mass is 10.1. The van der Waals surface area contributed by atoms with Gasteiger partial charge in [0.05, 0.1) is 24.8 Å². The third-order valence-electron chi connectivity index (χ3n) is 3.60. The van der Waals surface area contributed by atoms with E-state index in [0.717, 1.165) is 6.42 Å². The maximum atomic E-state index is 13.9. The van der Waals surface area contributed by atoms with E-state index in [1.165, 1.54) is 31.4 Å². The Morgan fingerprint density at radius 1 is 1.27 bits per heavy atom. The van der Waals surface area contributed by atoms with Crippen molar-refractivity contribution in [2.24, 2.45) is 0 Å². The molecule has 0 aromatic heterocycles. The molecule has 1 saturated heterocycles. The first kappa shape index (κ1) is 16.9. The number of unbranched alkanes of at least 4 members (excludes halogenated alkanes) is 3. The Bertz CT molecular complexity index is 507. The molecule has 4 nitrogen and oxygen atoms in total. The van der Waals surface area contributed by atoms with Crippen LogP contribution in [0.25, 0.3) is 0 Å². The highest BCUT2D eigenvalue weighted by Gasteiger charge is 2.26. The van der Waals surface area contributed by atoms with Gasteiger partial charge >= 0.3 is 0 Å². The zero-order chi connectivity index (χ0) is 15.8. The Hall–Kier alpha value is -1.48. The second kappa shape index (κ2) is 8.84. The van der Waals surface area contributed by atoms with Crippen molar-refractivity contribution in [1.82, 2.24) is 0 Å². The maximum Gasteiger partial charge on any atom is 0.186 e. The molecule has 0 amide bonds. The quantitative estimate of drug-likeness (QED) is 0.721. The standard InChI is InChI=1S/C17H22FNO3/c1-2-3-4-5-8-20-14-11-21-17(22-12-14)15-7-6-13(10-19)9-16(15)18/h6-7,9,14,17H,2-5,8,11-12H2,1H3. The van der Waals surface area contributed by atoms with E-state index in [2.05, 4.69) is 6.92 Å². The van der Waals surface area contributed by atoms with Gasteiger partial charge in [-0.25, -0.2) is 4.39 Å². The van der Waals surface area contributed by atoms with E-state index in [4.69, 9.17) is 19.5 Å². The van der Waals surface area contributed by atoms with Crippen molar-refractivity contribution >= 4 is 0 Å². The summed E-state index contributed by atoms with van der Waals surface area (Å²) in [4.78, 5) is 0. The van der Waals surface area contributed by atoms with Crippen molar-refractivity contribution in [2.75, 3.05) is 19.8 Å². The fraction of sp³-hybridized carbons (Fsp3) is 0.588. The average molecular weight is 307 g/mol. The van der Waals surface area contributed by atoms with E-state index < -0.39 is 12.1 Å². The summed E-state index contributed by atoms with van der Waals surface area (Å²) in [6, 6.07) is 6.18. The molecule has 5 heteroatoms. The Balaban J connectivity index is 1.76. The summed E-state index contributed by atoms with van der Waals surface area (Å²) in [6.45, 7) is 3.65. The summed E-state index contributed by atoms with van der Waals surface area (Å²) in [5, 5.41) is 8.74. The predicted octanol–water partition coefficient (Wildman–Crippen LogP) is 3.71. The number of benzene rings is 1. The molecule has 0 atom stereocenters. The molecule has 1 fully saturated rings. The van der Waals surface area contributed by atoms with Gasteiger partial charge in [-0.05, 0) is 24.6 Å². The number of rotatable bonds is 7. The van der Waals surface area contributed by atoms with Gasteiger partial charge in [-0.15, -0.1) is 0 Å². The van der Waals surface area contributed by atoms with Crippen molar-refractivity contribution in [3.63, 3.8) is 0 Å². The first-order valence-electron chi connectivity index (χ1n) is 7.79. The van der Waals surface area contributed by atoms with Gasteiger partial charge in [0.15, 0.2) is 6.29 Å². The maximum absolute atomic E-state index is 13.9. The van der Waals surface area contributed by atoms with Crippen LogP contribution >= 0.6 is 0 Å². The first-order chi connectivity index (χ1) is 10.7. The number of hydrogen-bond donors (Lipinski definition) is 0. The average Bonchev–Trinajstić information content (AvgIpc) is 2.55. The second-order valence-corrected chi connectivity index (χ2v) is 5.40. The van der Waals surface area contributed by atoms with Crippen LogP contribution in [0.2, 0.25) is 0 Å². The molecule has 1 heterocycles. The van der Waals surface area contributed by atoms with Gasteiger partial charge in [0.2, 0.25) is 0 Å². The molecule has 0 saturated carbocycles. The largest absolute Gasteiger partial charge is 0.373 e. The smallest absolute Gasteiger partial charge is 0.186 e. The van der Waals surface area contributed by atoms with E-state index in [0.29, 0.717) is 25.4 Å². The molecule has 0 spiro atoms. The number of nitriles is 1. The zero-order valence-electron chi connectivity index (χ0n) is 12.9. The monoisotopic (exact) mass is 307 g/mol. The van der Waals surface area contributed by atoms with Gasteiger partial charge in [-0.3, -0.25) is 0 Å². The summed E-state index contributed by atoms with van der Waals surface area (Å²) in [6.07, 6.45) is 3.81. The molecular weight excluding hydrogens is 285 g/mol. The zero-order valence-corrected chi connectivity index (χ0v) is 12.9. The summed E-state index contributed by atoms with van der Waals surface area (Å²) in [5.74, 6) is -0.483. The second-order valence-electron chi connectivity index (χ2n) is 5.40. The fourth-order valence-electron chi connectivity index (χ4n) is 2.33. The molecule has 0 N–H and O–H groups in total. The van der Waals surface area contributed by atoms with Crippen LogP contribution < -0.4 is 0 Å². The van der Waals surface area contributed by atoms with Gasteiger partial charge in [-0.2, -0.15) is 5.26 Å². The van der Waals surface area contributed by atoms with Crippen LogP contribution in [-0.2, 0) is 14.2 Å². The minimum Gasteiger partial charge on any atom is -0.373 e. The van der Waals surface area contributed by atoms with Gasteiger partial charge in [0, 0.05) is 12.2 Å². The predicted molar refractivity (Wildman–Crippen MR) is 79.6 cm³/mol. The van der Waals surface area contributed by atoms with Crippen LogP contribution in [-0.4, -0.2) is 25.9 Å². The third-order valence-corrected chi connectivity index (χ3v) is 3.60. The van der Waals surface area contributed by atoms with Crippen LogP contribution in [0, 0.1) is 17.1 Å². The summed E-state index contributed by atoms with van der Waals surface area (Å²) in [5.41, 5.74) is 0.603. The Morgan fingerprint density at radius 2 is 2.05 bits per heavy atom. The van der Waals surface area contributed by atoms with Gasteiger partial charge in [0.1, 0.15) is 11.9 Å². The minimum absolute atomic E-state index is 0.0979. The highest BCUT2D eigenvalue weighted by Crippen LogP contribution is 2.26. The lowest BCUT2D eigenvalue weighted by molar-refractivity contribution is -0.231. The minimum atomic E-state index is -0.729. The molecule has 0 bridgehead atoms. The molecule has 0 radical (unpaired) electrons. The molecule has 1 aromatic carbocycles. The van der Waals surface area contributed by atoms with Crippen LogP contribution in [0.15, 0.2) is 18.2 Å². The molecule has 1 aliphatic rings. The SMILES string of the molecule is CCCCCCOC1COC(c2ccc(C#N)cc2F)OC1. The first-order valence-corrected chi connectivity index (χ1v) is 7.79. The highest BCUT2D eigenvalue weighted by atomic mass is 19.1. The van der Waals surface area contributed by atoms with Crippen molar-refractivity contribution in [3.05, 3.63) is 35.1 Å². The Kier molecular flexibility index (Phi) is 6.78.